The molecule has 9 heteroatoms. The molecule has 3 heterocycles. The highest BCUT2D eigenvalue weighted by Crippen LogP contribution is 2.31. The topological polar surface area (TPSA) is 45.5 Å². The second-order valence-corrected chi connectivity index (χ2v) is 15.0. The summed E-state index contributed by atoms with van der Waals surface area (Å²) in [5, 5.41) is 0.649. The molecule has 1 aliphatic rings. The summed E-state index contributed by atoms with van der Waals surface area (Å²) in [4.78, 5) is 10.2. The lowest BCUT2D eigenvalue weighted by molar-refractivity contribution is -0.0590. The number of halogens is 2. The van der Waals surface area contributed by atoms with E-state index in [2.05, 4.69) is 24.6 Å². The monoisotopic (exact) mass is 434 g/mol. The molecule has 0 saturated carbocycles. The molecule has 5 nitrogen and oxygen atoms in total. The molecule has 0 N–H and O–H groups in total. The quantitative estimate of drug-likeness (QED) is 0.254. The van der Waals surface area contributed by atoms with Crippen molar-refractivity contribution < 1.29 is 14.3 Å². The number of fused-ring (bicyclic) bond motifs is 1. The standard InChI is InChI=1S/C17H24Cl2N2O3SSi/c1-26(2,3)7-5-22-11-23-21-15-8-13(18)17(19)20-14(15)9-16(21)24-12-4-6-25-10-12/h8-9,12H,4-7,10-11H2,1-3H3. The third kappa shape index (κ3) is 5.22. The highest BCUT2D eigenvalue weighted by atomic mass is 35.5. The van der Waals surface area contributed by atoms with Gasteiger partial charge in [-0.1, -0.05) is 42.8 Å². The summed E-state index contributed by atoms with van der Waals surface area (Å²) in [6, 6.07) is 4.67. The first-order valence-corrected chi connectivity index (χ1v) is 14.3. The van der Waals surface area contributed by atoms with Crippen LogP contribution in [0.5, 0.6) is 5.88 Å². The van der Waals surface area contributed by atoms with Crippen LogP contribution in [0.25, 0.3) is 11.0 Å². The number of aromatic nitrogens is 2. The Morgan fingerprint density at radius 3 is 2.81 bits per heavy atom. The highest BCUT2D eigenvalue weighted by Gasteiger charge is 2.22. The van der Waals surface area contributed by atoms with Crippen molar-refractivity contribution in [3.8, 4) is 5.88 Å². The minimum absolute atomic E-state index is 0.143. The molecule has 0 aliphatic carbocycles. The summed E-state index contributed by atoms with van der Waals surface area (Å²) in [5.41, 5.74) is 1.40. The van der Waals surface area contributed by atoms with Gasteiger partial charge in [0, 0.05) is 26.5 Å². The molecular weight excluding hydrogens is 411 g/mol. The van der Waals surface area contributed by atoms with Crippen molar-refractivity contribution in [3.05, 3.63) is 22.3 Å². The molecule has 2 aromatic heterocycles. The van der Waals surface area contributed by atoms with Gasteiger partial charge >= 0.3 is 0 Å². The molecular formula is C17H24Cl2N2O3SSi. The van der Waals surface area contributed by atoms with Crippen molar-refractivity contribution in [1.29, 1.82) is 0 Å². The largest absolute Gasteiger partial charge is 0.473 e. The zero-order valence-corrected chi connectivity index (χ0v) is 18.6. The Morgan fingerprint density at radius 1 is 1.31 bits per heavy atom. The van der Waals surface area contributed by atoms with Crippen LogP contribution >= 0.6 is 35.0 Å². The molecule has 1 saturated heterocycles. The smallest absolute Gasteiger partial charge is 0.230 e. The summed E-state index contributed by atoms with van der Waals surface area (Å²) in [6.45, 7) is 7.79. The van der Waals surface area contributed by atoms with E-state index in [-0.39, 0.29) is 18.1 Å². The molecule has 1 unspecified atom stereocenters. The van der Waals surface area contributed by atoms with E-state index in [1.54, 1.807) is 10.8 Å². The summed E-state index contributed by atoms with van der Waals surface area (Å²) >= 11 is 14.1. The first-order chi connectivity index (χ1) is 12.3. The van der Waals surface area contributed by atoms with E-state index < -0.39 is 8.07 Å². The first kappa shape index (κ1) is 20.1. The molecule has 2 aromatic rings. The van der Waals surface area contributed by atoms with Crippen molar-refractivity contribution in [3.63, 3.8) is 0 Å². The molecule has 1 atom stereocenters. The molecule has 0 spiro atoms. The van der Waals surface area contributed by atoms with Gasteiger partial charge in [0.1, 0.15) is 16.8 Å². The minimum atomic E-state index is -1.12. The van der Waals surface area contributed by atoms with Crippen LogP contribution in [0.15, 0.2) is 12.1 Å². The second kappa shape index (κ2) is 8.60. The van der Waals surface area contributed by atoms with Gasteiger partial charge in [-0.3, -0.25) is 0 Å². The van der Waals surface area contributed by atoms with E-state index in [0.29, 0.717) is 28.5 Å². The molecule has 0 bridgehead atoms. The van der Waals surface area contributed by atoms with E-state index in [1.807, 2.05) is 17.8 Å². The van der Waals surface area contributed by atoms with Crippen molar-refractivity contribution in [1.82, 2.24) is 9.71 Å². The number of nitrogens with zero attached hydrogens (tertiary/aromatic N) is 2. The number of thioether (sulfide) groups is 1. The lowest BCUT2D eigenvalue weighted by Crippen LogP contribution is -2.24. The van der Waals surface area contributed by atoms with E-state index >= 15 is 0 Å². The molecule has 144 valence electrons. The highest BCUT2D eigenvalue weighted by molar-refractivity contribution is 7.99. The summed E-state index contributed by atoms with van der Waals surface area (Å²) in [6.07, 6.45) is 1.19. The summed E-state index contributed by atoms with van der Waals surface area (Å²) in [7, 11) is -1.12. The van der Waals surface area contributed by atoms with Gasteiger partial charge in [0.15, 0.2) is 0 Å². The van der Waals surface area contributed by atoms with Gasteiger partial charge in [-0.05, 0) is 24.3 Å². The fourth-order valence-corrected chi connectivity index (χ4v) is 4.69. The predicted molar refractivity (Wildman–Crippen MR) is 112 cm³/mol. The van der Waals surface area contributed by atoms with Gasteiger partial charge in [0.05, 0.1) is 10.5 Å². The molecule has 0 aromatic carbocycles. The van der Waals surface area contributed by atoms with Crippen LogP contribution in [0.3, 0.4) is 0 Å². The third-order valence-corrected chi connectivity index (χ3v) is 7.57. The number of rotatable bonds is 8. The Labute approximate surface area is 169 Å². The van der Waals surface area contributed by atoms with E-state index in [4.69, 9.17) is 37.5 Å². The predicted octanol–water partition coefficient (Wildman–Crippen LogP) is 4.97. The molecule has 26 heavy (non-hydrogen) atoms. The molecule has 0 radical (unpaired) electrons. The van der Waals surface area contributed by atoms with Gasteiger partial charge in [-0.25, -0.2) is 4.98 Å². The maximum Gasteiger partial charge on any atom is 0.230 e. The molecule has 1 fully saturated rings. The average molecular weight is 435 g/mol. The Bertz CT molecular complexity index is 761. The van der Waals surface area contributed by atoms with Crippen LogP contribution in [0.4, 0.5) is 0 Å². The maximum absolute atomic E-state index is 6.14. The number of ether oxygens (including phenoxy) is 2. The van der Waals surface area contributed by atoms with Crippen LogP contribution in [0, 0.1) is 0 Å². The Hall–Kier alpha value is -0.603. The van der Waals surface area contributed by atoms with E-state index in [1.165, 1.54) is 0 Å². The van der Waals surface area contributed by atoms with Crippen molar-refractivity contribution in [2.75, 3.05) is 24.9 Å². The number of hydrogen-bond acceptors (Lipinski definition) is 5. The fraction of sp³-hybridized carbons (Fsp3) is 0.588. The van der Waals surface area contributed by atoms with E-state index in [0.717, 1.165) is 24.0 Å². The lowest BCUT2D eigenvalue weighted by atomic mass is 10.3. The Balaban J connectivity index is 1.75. The van der Waals surface area contributed by atoms with Crippen molar-refractivity contribution >= 4 is 54.1 Å². The van der Waals surface area contributed by atoms with Crippen LogP contribution < -0.4 is 9.57 Å². The first-order valence-electron chi connectivity index (χ1n) is 8.66. The van der Waals surface area contributed by atoms with Crippen LogP contribution in [0.1, 0.15) is 6.42 Å². The average Bonchev–Trinajstić information content (AvgIpc) is 3.16. The Kier molecular flexibility index (Phi) is 6.66. The summed E-state index contributed by atoms with van der Waals surface area (Å²) in [5.74, 6) is 2.69. The van der Waals surface area contributed by atoms with Crippen molar-refractivity contribution in [2.45, 2.75) is 38.2 Å². The van der Waals surface area contributed by atoms with Gasteiger partial charge in [-0.2, -0.15) is 11.8 Å². The minimum Gasteiger partial charge on any atom is -0.473 e. The van der Waals surface area contributed by atoms with Gasteiger partial charge < -0.3 is 14.3 Å². The molecule has 1 aliphatic heterocycles. The molecule has 0 amide bonds. The van der Waals surface area contributed by atoms with Gasteiger partial charge in [-0.15, -0.1) is 4.73 Å². The number of hydrogen-bond donors (Lipinski definition) is 0. The van der Waals surface area contributed by atoms with Crippen molar-refractivity contribution in [2.24, 2.45) is 0 Å². The second-order valence-electron chi connectivity index (χ2n) is 7.51. The third-order valence-electron chi connectivity index (χ3n) is 4.06. The van der Waals surface area contributed by atoms with E-state index in [9.17, 15) is 0 Å². The van der Waals surface area contributed by atoms with Crippen LogP contribution in [-0.4, -0.2) is 48.8 Å². The van der Waals surface area contributed by atoms with Crippen LogP contribution in [-0.2, 0) is 4.74 Å². The number of pyridine rings is 1. The molecule has 3 rings (SSSR count). The summed E-state index contributed by atoms with van der Waals surface area (Å²) < 4.78 is 13.4. The van der Waals surface area contributed by atoms with Gasteiger partial charge in [0.2, 0.25) is 12.7 Å². The zero-order valence-electron chi connectivity index (χ0n) is 15.3. The Morgan fingerprint density at radius 2 is 2.12 bits per heavy atom. The zero-order chi connectivity index (χ0) is 18.7. The van der Waals surface area contributed by atoms with Crippen LogP contribution in [0.2, 0.25) is 35.9 Å². The maximum atomic E-state index is 6.14. The van der Waals surface area contributed by atoms with Gasteiger partial charge in [0.25, 0.3) is 0 Å². The normalized spacial score (nSPS) is 17.8. The fourth-order valence-electron chi connectivity index (χ4n) is 2.55. The lowest BCUT2D eigenvalue weighted by Gasteiger charge is -2.17. The SMILES string of the molecule is C[Si](C)(C)CCOCOn1c(OC2CCSC2)cc2nc(Cl)c(Cl)cc21.